The molecular weight excluding hydrogens is 306 g/mol. The molecule has 1 amide bonds. The Bertz CT molecular complexity index is 718. The minimum Gasteiger partial charge on any atom is -0.361 e. The van der Waals surface area contributed by atoms with Crippen molar-refractivity contribution >= 4 is 5.91 Å². The highest BCUT2D eigenvalue weighted by molar-refractivity contribution is 5.78. The molecule has 0 spiro atoms. The van der Waals surface area contributed by atoms with Crippen LogP contribution in [0.4, 0.5) is 0 Å². The Morgan fingerprint density at radius 3 is 2.88 bits per heavy atom. The van der Waals surface area contributed by atoms with Crippen LogP contribution in [0.25, 0.3) is 0 Å². The molecule has 0 saturated heterocycles. The fourth-order valence-corrected chi connectivity index (χ4v) is 3.13. The van der Waals surface area contributed by atoms with Gasteiger partial charge in [-0.2, -0.15) is 0 Å². The summed E-state index contributed by atoms with van der Waals surface area (Å²) >= 11 is 0. The van der Waals surface area contributed by atoms with Crippen LogP contribution in [0.1, 0.15) is 49.8 Å². The second-order valence-corrected chi connectivity index (χ2v) is 6.76. The highest BCUT2D eigenvalue weighted by Crippen LogP contribution is 2.26. The molecule has 0 aromatic carbocycles. The van der Waals surface area contributed by atoms with Gasteiger partial charge in [-0.15, -0.1) is 0 Å². The zero-order valence-corrected chi connectivity index (χ0v) is 14.7. The smallest absolute Gasteiger partial charge is 0.226 e. The lowest BCUT2D eigenvalue weighted by Crippen LogP contribution is -2.36. The summed E-state index contributed by atoms with van der Waals surface area (Å²) in [6, 6.07) is 2.29. The molecule has 1 N–H and O–H groups in total. The van der Waals surface area contributed by atoms with Crippen molar-refractivity contribution in [2.75, 3.05) is 6.54 Å². The molecule has 7 nitrogen and oxygen atoms in total. The molecule has 0 fully saturated rings. The van der Waals surface area contributed by atoms with Gasteiger partial charge in [-0.3, -0.25) is 9.69 Å². The van der Waals surface area contributed by atoms with Crippen LogP contribution in [0.3, 0.4) is 0 Å². The van der Waals surface area contributed by atoms with Crippen molar-refractivity contribution in [1.82, 2.24) is 24.9 Å². The topological polar surface area (TPSA) is 76.2 Å². The molecule has 3 rings (SSSR count). The maximum atomic E-state index is 11.9. The summed E-state index contributed by atoms with van der Waals surface area (Å²) in [5, 5.41) is 6.98. The predicted octanol–water partition coefficient (Wildman–Crippen LogP) is 1.82. The van der Waals surface area contributed by atoms with E-state index in [1.807, 2.05) is 33.0 Å². The maximum Gasteiger partial charge on any atom is 0.226 e. The third-order valence-corrected chi connectivity index (χ3v) is 4.24. The number of aryl methyl sites for hydroxylation is 1. The van der Waals surface area contributed by atoms with E-state index in [-0.39, 0.29) is 18.0 Å². The fraction of sp³-hybridized carbons (Fsp3) is 0.588. The van der Waals surface area contributed by atoms with E-state index in [9.17, 15) is 4.79 Å². The molecular formula is C17H25N5O2. The highest BCUT2D eigenvalue weighted by Gasteiger charge is 2.27. The van der Waals surface area contributed by atoms with Gasteiger partial charge < -0.3 is 14.4 Å². The lowest BCUT2D eigenvalue weighted by Gasteiger charge is -2.32. The number of rotatable bonds is 5. The molecule has 2 aromatic rings. The van der Waals surface area contributed by atoms with Gasteiger partial charge in [0.15, 0.2) is 0 Å². The first-order valence-electron chi connectivity index (χ1n) is 8.44. The maximum absolute atomic E-state index is 11.9. The van der Waals surface area contributed by atoms with E-state index >= 15 is 0 Å². The average Bonchev–Trinajstić information content (AvgIpc) is 3.07. The van der Waals surface area contributed by atoms with Gasteiger partial charge in [-0.25, -0.2) is 4.98 Å². The monoisotopic (exact) mass is 331 g/mol. The van der Waals surface area contributed by atoms with Crippen molar-refractivity contribution in [3.63, 3.8) is 0 Å². The van der Waals surface area contributed by atoms with E-state index in [1.54, 1.807) is 0 Å². The summed E-state index contributed by atoms with van der Waals surface area (Å²) in [5.74, 6) is 1.85. The van der Waals surface area contributed by atoms with E-state index in [0.717, 1.165) is 42.6 Å². The number of fused-ring (bicyclic) bond motifs is 1. The van der Waals surface area contributed by atoms with Crippen LogP contribution < -0.4 is 5.32 Å². The summed E-state index contributed by atoms with van der Waals surface area (Å²) in [5.41, 5.74) is 1.77. The Morgan fingerprint density at radius 2 is 2.21 bits per heavy atom. The van der Waals surface area contributed by atoms with E-state index in [0.29, 0.717) is 6.42 Å². The Hall–Kier alpha value is -2.15. The second-order valence-electron chi connectivity index (χ2n) is 6.76. The van der Waals surface area contributed by atoms with Gasteiger partial charge in [-0.05, 0) is 27.7 Å². The summed E-state index contributed by atoms with van der Waals surface area (Å²) in [7, 11) is 0. The van der Waals surface area contributed by atoms with Crippen molar-refractivity contribution in [2.45, 2.75) is 59.3 Å². The van der Waals surface area contributed by atoms with Gasteiger partial charge in [-0.1, -0.05) is 5.16 Å². The zero-order chi connectivity index (χ0) is 17.3. The normalized spacial score (nSPS) is 18.0. The van der Waals surface area contributed by atoms with Crippen molar-refractivity contribution in [2.24, 2.45) is 0 Å². The summed E-state index contributed by atoms with van der Waals surface area (Å²) in [6.07, 6.45) is 2.33. The van der Waals surface area contributed by atoms with Crippen molar-refractivity contribution in [3.05, 3.63) is 35.2 Å². The van der Waals surface area contributed by atoms with Crippen molar-refractivity contribution in [3.8, 4) is 0 Å². The number of carbonyl (C=O) groups excluding carboxylic acids is 1. The molecule has 130 valence electrons. The van der Waals surface area contributed by atoms with E-state index in [2.05, 4.69) is 26.9 Å². The van der Waals surface area contributed by atoms with Crippen molar-refractivity contribution < 1.29 is 9.32 Å². The van der Waals surface area contributed by atoms with Gasteiger partial charge >= 0.3 is 0 Å². The molecule has 1 aliphatic heterocycles. The lowest BCUT2D eigenvalue weighted by molar-refractivity contribution is -0.120. The molecule has 24 heavy (non-hydrogen) atoms. The number of imidazole rings is 1. The quantitative estimate of drug-likeness (QED) is 0.904. The van der Waals surface area contributed by atoms with Gasteiger partial charge in [0.2, 0.25) is 5.91 Å². The Balaban J connectivity index is 1.68. The average molecular weight is 331 g/mol. The van der Waals surface area contributed by atoms with E-state index < -0.39 is 0 Å². The fourth-order valence-electron chi connectivity index (χ4n) is 3.13. The van der Waals surface area contributed by atoms with Crippen LogP contribution >= 0.6 is 0 Å². The van der Waals surface area contributed by atoms with Gasteiger partial charge in [0.1, 0.15) is 11.6 Å². The van der Waals surface area contributed by atoms with Crippen LogP contribution in [0.15, 0.2) is 16.8 Å². The number of hydrogen-bond acceptors (Lipinski definition) is 5. The molecule has 0 radical (unpaired) electrons. The first-order valence-corrected chi connectivity index (χ1v) is 8.44. The number of nitrogens with one attached hydrogen (secondary N) is 1. The number of hydrogen-bond donors (Lipinski definition) is 1. The molecule has 2 aromatic heterocycles. The van der Waals surface area contributed by atoms with Crippen LogP contribution in [0, 0.1) is 6.92 Å². The predicted molar refractivity (Wildman–Crippen MR) is 89.3 cm³/mol. The Kier molecular flexibility index (Phi) is 4.71. The number of amides is 1. The van der Waals surface area contributed by atoms with Crippen LogP contribution in [-0.2, 0) is 24.3 Å². The third-order valence-electron chi connectivity index (χ3n) is 4.24. The van der Waals surface area contributed by atoms with Gasteiger partial charge in [0.25, 0.3) is 0 Å². The first-order chi connectivity index (χ1) is 11.4. The number of carbonyl (C=O) groups is 1. The molecule has 1 aliphatic rings. The van der Waals surface area contributed by atoms with Gasteiger partial charge in [0.05, 0.1) is 23.9 Å². The van der Waals surface area contributed by atoms with Crippen LogP contribution in [-0.4, -0.2) is 38.1 Å². The van der Waals surface area contributed by atoms with Gasteiger partial charge in [0, 0.05) is 37.9 Å². The first kappa shape index (κ1) is 16.7. The van der Waals surface area contributed by atoms with Crippen molar-refractivity contribution in [1.29, 1.82) is 0 Å². The minimum atomic E-state index is 0.0167. The molecule has 0 saturated carbocycles. The minimum absolute atomic E-state index is 0.0167. The zero-order valence-electron chi connectivity index (χ0n) is 14.7. The molecule has 1 atom stereocenters. The summed E-state index contributed by atoms with van der Waals surface area (Å²) < 4.78 is 7.31. The van der Waals surface area contributed by atoms with Crippen LogP contribution in [0.5, 0.6) is 0 Å². The number of nitrogens with zero attached hydrogens (tertiary/aromatic N) is 4. The Labute approximate surface area is 142 Å². The molecule has 0 aliphatic carbocycles. The largest absolute Gasteiger partial charge is 0.361 e. The number of aromatic nitrogens is 3. The molecule has 0 bridgehead atoms. The molecule has 7 heteroatoms. The Morgan fingerprint density at radius 1 is 1.42 bits per heavy atom. The lowest BCUT2D eigenvalue weighted by atomic mass is 10.2. The summed E-state index contributed by atoms with van der Waals surface area (Å²) in [4.78, 5) is 19.0. The third kappa shape index (κ3) is 3.67. The van der Waals surface area contributed by atoms with Crippen LogP contribution in [0.2, 0.25) is 0 Å². The standard InChI is InChI=1S/C17H25N5O2/c1-11(2)18-16(23)8-14-9-22-6-5-21(13(4)17(22)19-14)10-15-7-12(3)24-20-15/h7,9,11,13H,5-6,8,10H2,1-4H3,(H,18,23)/t13-/m0/s1. The molecule has 0 unspecified atom stereocenters. The van der Waals surface area contributed by atoms with E-state index in [1.165, 1.54) is 0 Å². The summed E-state index contributed by atoms with van der Waals surface area (Å²) in [6.45, 7) is 10.5. The SMILES string of the molecule is Cc1cc(CN2CCn3cc(CC(=O)NC(C)C)nc3[C@@H]2C)no1. The second kappa shape index (κ2) is 6.76. The highest BCUT2D eigenvalue weighted by atomic mass is 16.5. The van der Waals surface area contributed by atoms with E-state index in [4.69, 9.17) is 9.51 Å². The molecule has 3 heterocycles.